The van der Waals surface area contributed by atoms with E-state index in [9.17, 15) is 14.4 Å². The first-order valence-corrected chi connectivity index (χ1v) is 8.47. The second kappa shape index (κ2) is 5.93. The van der Waals surface area contributed by atoms with Crippen molar-refractivity contribution in [3.63, 3.8) is 0 Å². The number of likely N-dealkylation sites (N-methyl/N-ethyl adjacent to an activating group) is 1. The normalized spacial score (nSPS) is 27.5. The van der Waals surface area contributed by atoms with Gasteiger partial charge in [0, 0.05) is 25.1 Å². The molecule has 0 bridgehead atoms. The first-order chi connectivity index (χ1) is 12.2. The Bertz CT molecular complexity index is 831. The third kappa shape index (κ3) is 2.12. The summed E-state index contributed by atoms with van der Waals surface area (Å²) >= 11 is 0. The Kier molecular flexibility index (Phi) is 4.13. The van der Waals surface area contributed by atoms with E-state index < -0.39 is 28.9 Å². The summed E-state index contributed by atoms with van der Waals surface area (Å²) in [6.07, 6.45) is 0.235. The highest BCUT2D eigenvalue weighted by molar-refractivity contribution is 6.16. The predicted octanol–water partition coefficient (Wildman–Crippen LogP) is 1.90. The van der Waals surface area contributed by atoms with Crippen molar-refractivity contribution >= 4 is 23.7 Å². The highest BCUT2D eigenvalue weighted by atomic mass is 16.6. The maximum Gasteiger partial charge on any atom is 0.339 e. The molecule has 0 N–H and O–H groups in total. The lowest BCUT2D eigenvalue weighted by Crippen LogP contribution is -2.66. The maximum atomic E-state index is 13.4. The summed E-state index contributed by atoms with van der Waals surface area (Å²) in [5.41, 5.74) is -2.69. The second-order valence-electron chi connectivity index (χ2n) is 7.08. The minimum absolute atomic E-state index is 0.0205. The zero-order chi connectivity index (χ0) is 19.3. The quantitative estimate of drug-likeness (QED) is 0.608. The van der Waals surface area contributed by atoms with Crippen LogP contribution in [0.15, 0.2) is 29.3 Å². The van der Waals surface area contributed by atoms with Gasteiger partial charge in [0.2, 0.25) is 11.1 Å². The lowest BCUT2D eigenvalue weighted by molar-refractivity contribution is -0.169. The van der Waals surface area contributed by atoms with Crippen LogP contribution in [0.5, 0.6) is 0 Å². The number of fused-ring (bicyclic) bond motifs is 2. The van der Waals surface area contributed by atoms with E-state index in [0.29, 0.717) is 11.1 Å². The molecule has 2 amide bonds. The third-order valence-electron chi connectivity index (χ3n) is 4.91. The first kappa shape index (κ1) is 18.1. The number of carbonyl (C=O) groups is 3. The van der Waals surface area contributed by atoms with Gasteiger partial charge in [-0.1, -0.05) is 32.0 Å². The molecule has 2 atom stereocenters. The Hall–Kier alpha value is -2.70. The molecule has 26 heavy (non-hydrogen) atoms. The number of hydrogen-bond acceptors (Lipinski definition) is 6. The van der Waals surface area contributed by atoms with Crippen LogP contribution in [0.2, 0.25) is 0 Å². The van der Waals surface area contributed by atoms with E-state index in [1.165, 1.54) is 14.2 Å². The molecule has 0 radical (unpaired) electrons. The number of amides is 2. The number of esters is 1. The van der Waals surface area contributed by atoms with Crippen LogP contribution in [0, 0.1) is 5.92 Å². The van der Waals surface area contributed by atoms with Crippen molar-refractivity contribution in [1.82, 2.24) is 4.90 Å². The van der Waals surface area contributed by atoms with Gasteiger partial charge in [-0.3, -0.25) is 14.5 Å². The summed E-state index contributed by atoms with van der Waals surface area (Å²) in [7, 11) is 2.64. The van der Waals surface area contributed by atoms with Gasteiger partial charge in [-0.05, 0) is 18.4 Å². The molecule has 0 aromatic heterocycles. The summed E-state index contributed by atoms with van der Waals surface area (Å²) < 4.78 is 11.1. The minimum atomic E-state index is -1.76. The zero-order valence-electron chi connectivity index (χ0n) is 15.5. The number of carbonyl (C=O) groups excluding carboxylic acids is 3. The van der Waals surface area contributed by atoms with E-state index in [-0.39, 0.29) is 18.2 Å². The molecule has 0 aliphatic carbocycles. The van der Waals surface area contributed by atoms with Gasteiger partial charge in [0.25, 0.3) is 11.8 Å². The fourth-order valence-electron chi connectivity index (χ4n) is 4.00. The highest BCUT2D eigenvalue weighted by Crippen LogP contribution is 2.52. The lowest BCUT2D eigenvalue weighted by atomic mass is 9.67. The average molecular weight is 358 g/mol. The summed E-state index contributed by atoms with van der Waals surface area (Å²) in [4.78, 5) is 44.4. The Morgan fingerprint density at radius 1 is 1.31 bits per heavy atom. The average Bonchev–Trinajstić information content (AvgIpc) is 2.90. The Morgan fingerprint density at radius 3 is 2.58 bits per heavy atom. The smallest absolute Gasteiger partial charge is 0.339 e. The van der Waals surface area contributed by atoms with Crippen molar-refractivity contribution < 1.29 is 23.9 Å². The zero-order valence-corrected chi connectivity index (χ0v) is 15.5. The van der Waals surface area contributed by atoms with Crippen LogP contribution in [0.25, 0.3) is 0 Å². The van der Waals surface area contributed by atoms with E-state index >= 15 is 0 Å². The number of aliphatic imine (C=N–C) groups is 1. The van der Waals surface area contributed by atoms with Gasteiger partial charge in [0.1, 0.15) is 0 Å². The maximum absolute atomic E-state index is 13.4. The summed E-state index contributed by atoms with van der Waals surface area (Å²) in [6.45, 7) is 5.45. The number of ether oxygens (including phenoxy) is 2. The summed E-state index contributed by atoms with van der Waals surface area (Å²) in [5.74, 6) is -1.48. The number of nitrogens with zero attached hydrogens (tertiary/aromatic N) is 2. The Morgan fingerprint density at radius 2 is 1.96 bits per heavy atom. The number of imide groups is 1. The van der Waals surface area contributed by atoms with Crippen LogP contribution in [0.1, 0.15) is 43.1 Å². The molecule has 138 valence electrons. The van der Waals surface area contributed by atoms with Crippen molar-refractivity contribution in [3.8, 4) is 0 Å². The molecule has 3 rings (SSSR count). The fraction of sp³-hybridized carbons (Fsp3) is 0.474. The molecule has 0 saturated carbocycles. The lowest BCUT2D eigenvalue weighted by Gasteiger charge is -2.44. The summed E-state index contributed by atoms with van der Waals surface area (Å²) in [5, 5.41) is 0. The van der Waals surface area contributed by atoms with Crippen LogP contribution >= 0.6 is 0 Å². The van der Waals surface area contributed by atoms with E-state index in [0.717, 1.165) is 4.90 Å². The molecule has 0 fully saturated rings. The first-order valence-electron chi connectivity index (χ1n) is 8.47. The van der Waals surface area contributed by atoms with Gasteiger partial charge >= 0.3 is 5.97 Å². The van der Waals surface area contributed by atoms with Crippen LogP contribution in [0.3, 0.4) is 0 Å². The minimum Gasteiger partial charge on any atom is -0.467 e. The molecular formula is C19H22N2O5. The predicted molar refractivity (Wildman–Crippen MR) is 93.6 cm³/mol. The fourth-order valence-corrected chi connectivity index (χ4v) is 4.00. The molecule has 2 unspecified atom stereocenters. The van der Waals surface area contributed by atoms with Gasteiger partial charge in [0.15, 0.2) is 5.90 Å². The van der Waals surface area contributed by atoms with E-state index in [1.54, 1.807) is 31.2 Å². The van der Waals surface area contributed by atoms with Gasteiger partial charge in [0.05, 0.1) is 7.11 Å². The van der Waals surface area contributed by atoms with Crippen molar-refractivity contribution in [2.24, 2.45) is 10.9 Å². The molecule has 1 aromatic carbocycles. The highest BCUT2D eigenvalue weighted by Gasteiger charge is 2.72. The van der Waals surface area contributed by atoms with Crippen LogP contribution < -0.4 is 0 Å². The van der Waals surface area contributed by atoms with Gasteiger partial charge < -0.3 is 9.47 Å². The molecule has 1 aromatic rings. The molecule has 2 heterocycles. The van der Waals surface area contributed by atoms with E-state index in [2.05, 4.69) is 4.99 Å². The molecule has 7 heteroatoms. The SMILES string of the molecule is COC(=O)C1(CC(C)C)N=C(C)OC12C(=O)N(C)C(=O)c1ccccc12. The standard InChI is InChI=1S/C19H22N2O5/c1-11(2)10-18(17(24)25-5)19(26-12(3)20-18)14-9-7-6-8-13(14)15(22)21(4)16(19)23/h6-9,11H,10H2,1-5H3. The molecule has 2 aliphatic heterocycles. The third-order valence-corrected chi connectivity index (χ3v) is 4.91. The molecule has 2 aliphatic rings. The van der Waals surface area contributed by atoms with E-state index in [4.69, 9.17) is 9.47 Å². The van der Waals surface area contributed by atoms with Gasteiger partial charge in [-0.2, -0.15) is 0 Å². The van der Waals surface area contributed by atoms with Crippen LogP contribution in [-0.4, -0.2) is 48.3 Å². The molecule has 7 nitrogen and oxygen atoms in total. The molecular weight excluding hydrogens is 336 g/mol. The number of benzene rings is 1. The molecule has 1 spiro atoms. The topological polar surface area (TPSA) is 85.3 Å². The monoisotopic (exact) mass is 358 g/mol. The van der Waals surface area contributed by atoms with Gasteiger partial charge in [-0.25, -0.2) is 9.79 Å². The number of rotatable bonds is 3. The van der Waals surface area contributed by atoms with E-state index in [1.807, 2.05) is 13.8 Å². The number of hydrogen-bond donors (Lipinski definition) is 0. The van der Waals surface area contributed by atoms with Crippen molar-refractivity contribution in [2.75, 3.05) is 14.2 Å². The van der Waals surface area contributed by atoms with Crippen LogP contribution in [-0.2, 0) is 24.7 Å². The van der Waals surface area contributed by atoms with Crippen molar-refractivity contribution in [1.29, 1.82) is 0 Å². The Balaban J connectivity index is 2.39. The largest absolute Gasteiger partial charge is 0.467 e. The molecule has 0 saturated heterocycles. The van der Waals surface area contributed by atoms with Crippen LogP contribution in [0.4, 0.5) is 0 Å². The van der Waals surface area contributed by atoms with Crippen molar-refractivity contribution in [3.05, 3.63) is 35.4 Å². The van der Waals surface area contributed by atoms with Crippen molar-refractivity contribution in [2.45, 2.75) is 38.3 Å². The number of methoxy groups -OCH3 is 1. The van der Waals surface area contributed by atoms with Gasteiger partial charge in [-0.15, -0.1) is 0 Å². The second-order valence-corrected chi connectivity index (χ2v) is 7.08. The summed E-state index contributed by atoms with van der Waals surface area (Å²) in [6, 6.07) is 6.68. The Labute approximate surface area is 152 Å².